The molecule has 7 heteroatoms. The first kappa shape index (κ1) is 16.6. The maximum Gasteiger partial charge on any atom is 0.257 e. The van der Waals surface area contributed by atoms with Gasteiger partial charge in [0.25, 0.3) is 5.91 Å². The van der Waals surface area contributed by atoms with E-state index in [4.69, 9.17) is 4.74 Å². The van der Waals surface area contributed by atoms with Crippen LogP contribution in [0, 0.1) is 0 Å². The second-order valence-corrected chi connectivity index (χ2v) is 6.27. The molecule has 0 N–H and O–H groups in total. The fraction of sp³-hybridized carbons (Fsp3) is 0.353. The number of amides is 1. The van der Waals surface area contributed by atoms with Crippen LogP contribution in [0.1, 0.15) is 10.4 Å². The molecule has 1 aliphatic rings. The van der Waals surface area contributed by atoms with Crippen LogP contribution in [0.4, 0.5) is 5.95 Å². The van der Waals surface area contributed by atoms with Gasteiger partial charge in [0.1, 0.15) is 5.75 Å². The van der Waals surface area contributed by atoms with Crippen LogP contribution in [0.15, 0.2) is 41.6 Å². The van der Waals surface area contributed by atoms with Crippen molar-refractivity contribution in [2.24, 2.45) is 0 Å². The number of benzene rings is 1. The van der Waals surface area contributed by atoms with Gasteiger partial charge in [0.05, 0.1) is 12.7 Å². The maximum atomic E-state index is 12.8. The van der Waals surface area contributed by atoms with Crippen molar-refractivity contribution in [2.45, 2.75) is 4.90 Å². The molecule has 0 radical (unpaired) electrons. The summed E-state index contributed by atoms with van der Waals surface area (Å²) in [7, 11) is 1.60. The molecule has 126 valence electrons. The molecule has 1 amide bonds. The topological polar surface area (TPSA) is 58.6 Å². The van der Waals surface area contributed by atoms with Crippen molar-refractivity contribution in [3.8, 4) is 5.75 Å². The van der Waals surface area contributed by atoms with Gasteiger partial charge in [0.15, 0.2) is 0 Å². The molecule has 1 aromatic carbocycles. The van der Waals surface area contributed by atoms with E-state index in [0.29, 0.717) is 30.4 Å². The Morgan fingerprint density at radius 3 is 2.50 bits per heavy atom. The molecule has 2 heterocycles. The maximum absolute atomic E-state index is 12.8. The third-order valence-corrected chi connectivity index (χ3v) is 4.77. The fourth-order valence-electron chi connectivity index (χ4n) is 2.71. The van der Waals surface area contributed by atoms with E-state index in [1.807, 2.05) is 29.4 Å². The summed E-state index contributed by atoms with van der Waals surface area (Å²) in [5.41, 5.74) is 0.611. The van der Waals surface area contributed by atoms with Gasteiger partial charge in [-0.15, -0.1) is 11.8 Å². The van der Waals surface area contributed by atoms with Gasteiger partial charge >= 0.3 is 0 Å². The molecule has 1 aromatic heterocycles. The van der Waals surface area contributed by atoms with Crippen molar-refractivity contribution in [1.82, 2.24) is 14.9 Å². The van der Waals surface area contributed by atoms with Gasteiger partial charge in [-0.1, -0.05) is 0 Å². The molecule has 0 spiro atoms. The fourth-order valence-corrected chi connectivity index (χ4v) is 3.14. The molecule has 2 aromatic rings. The van der Waals surface area contributed by atoms with Crippen LogP contribution in [0.2, 0.25) is 0 Å². The van der Waals surface area contributed by atoms with Gasteiger partial charge in [-0.25, -0.2) is 9.97 Å². The molecule has 0 saturated carbocycles. The molecule has 24 heavy (non-hydrogen) atoms. The predicted molar refractivity (Wildman–Crippen MR) is 94.9 cm³/mol. The first-order valence-electron chi connectivity index (χ1n) is 7.76. The number of nitrogens with zero attached hydrogens (tertiary/aromatic N) is 4. The van der Waals surface area contributed by atoms with Gasteiger partial charge in [-0.05, 0) is 30.5 Å². The van der Waals surface area contributed by atoms with Crippen molar-refractivity contribution in [3.63, 3.8) is 0 Å². The number of carbonyl (C=O) groups excluding carboxylic acids is 1. The average Bonchev–Trinajstić information content (AvgIpc) is 2.67. The zero-order valence-electron chi connectivity index (χ0n) is 13.8. The SMILES string of the molecule is COc1cc(SC)ccc1C(=O)N1CCN(c2ncccn2)CC1. The van der Waals surface area contributed by atoms with Crippen LogP contribution in [0.25, 0.3) is 0 Å². The zero-order valence-corrected chi connectivity index (χ0v) is 14.6. The number of methoxy groups -OCH3 is 1. The minimum atomic E-state index is 0.00753. The first-order chi connectivity index (χ1) is 11.7. The summed E-state index contributed by atoms with van der Waals surface area (Å²) in [6, 6.07) is 7.51. The highest BCUT2D eigenvalue weighted by Crippen LogP contribution is 2.26. The third kappa shape index (κ3) is 3.46. The number of hydrogen-bond acceptors (Lipinski definition) is 6. The number of thioether (sulfide) groups is 1. The minimum absolute atomic E-state index is 0.00753. The third-order valence-electron chi connectivity index (χ3n) is 4.04. The molecule has 0 aliphatic carbocycles. The highest BCUT2D eigenvalue weighted by Gasteiger charge is 2.25. The van der Waals surface area contributed by atoms with E-state index in [2.05, 4.69) is 14.9 Å². The molecular weight excluding hydrogens is 324 g/mol. The smallest absolute Gasteiger partial charge is 0.257 e. The van der Waals surface area contributed by atoms with E-state index < -0.39 is 0 Å². The summed E-state index contributed by atoms with van der Waals surface area (Å²) in [5.74, 6) is 1.35. The highest BCUT2D eigenvalue weighted by molar-refractivity contribution is 7.98. The van der Waals surface area contributed by atoms with E-state index in [9.17, 15) is 4.79 Å². The summed E-state index contributed by atoms with van der Waals surface area (Å²) in [5, 5.41) is 0. The van der Waals surface area contributed by atoms with Gasteiger partial charge in [-0.3, -0.25) is 4.79 Å². The molecule has 6 nitrogen and oxygen atoms in total. The van der Waals surface area contributed by atoms with E-state index in [0.717, 1.165) is 18.0 Å². The number of hydrogen-bond donors (Lipinski definition) is 0. The van der Waals surface area contributed by atoms with Crippen LogP contribution in [0.3, 0.4) is 0 Å². The van der Waals surface area contributed by atoms with Crippen molar-refractivity contribution < 1.29 is 9.53 Å². The highest BCUT2D eigenvalue weighted by atomic mass is 32.2. The van der Waals surface area contributed by atoms with Crippen molar-refractivity contribution in [1.29, 1.82) is 0 Å². The molecular formula is C17H20N4O2S. The largest absolute Gasteiger partial charge is 0.496 e. The lowest BCUT2D eigenvalue weighted by atomic mass is 10.1. The lowest BCUT2D eigenvalue weighted by Gasteiger charge is -2.34. The second kappa shape index (κ2) is 7.53. The lowest BCUT2D eigenvalue weighted by molar-refractivity contribution is 0.0742. The quantitative estimate of drug-likeness (QED) is 0.792. The Bertz CT molecular complexity index is 703. The van der Waals surface area contributed by atoms with Crippen LogP contribution in [-0.4, -0.2) is 60.3 Å². The van der Waals surface area contributed by atoms with E-state index in [1.54, 1.807) is 37.3 Å². The number of carbonyl (C=O) groups is 1. The van der Waals surface area contributed by atoms with Gasteiger partial charge < -0.3 is 14.5 Å². The number of piperazine rings is 1. The van der Waals surface area contributed by atoms with Crippen molar-refractivity contribution >= 4 is 23.6 Å². The standard InChI is InChI=1S/C17H20N4O2S/c1-23-15-12-13(24-2)4-5-14(15)16(22)20-8-10-21(11-9-20)17-18-6-3-7-19-17/h3-7,12H,8-11H2,1-2H3. The van der Waals surface area contributed by atoms with Crippen LogP contribution in [-0.2, 0) is 0 Å². The molecule has 1 aliphatic heterocycles. The van der Waals surface area contributed by atoms with Crippen molar-refractivity contribution in [2.75, 3.05) is 44.4 Å². The van der Waals surface area contributed by atoms with Crippen LogP contribution in [0.5, 0.6) is 5.75 Å². The van der Waals surface area contributed by atoms with E-state index in [1.165, 1.54) is 0 Å². The monoisotopic (exact) mass is 344 g/mol. The Hall–Kier alpha value is -2.28. The molecule has 0 atom stereocenters. The van der Waals surface area contributed by atoms with Gasteiger partial charge in [0, 0.05) is 43.5 Å². The molecule has 0 unspecified atom stereocenters. The predicted octanol–water partition coefficient (Wildman–Crippen LogP) is 2.17. The molecule has 1 saturated heterocycles. The second-order valence-electron chi connectivity index (χ2n) is 5.39. The first-order valence-corrected chi connectivity index (χ1v) is 8.98. The molecule has 3 rings (SSSR count). The number of aromatic nitrogens is 2. The Morgan fingerprint density at radius 1 is 1.17 bits per heavy atom. The number of ether oxygens (including phenoxy) is 1. The lowest BCUT2D eigenvalue weighted by Crippen LogP contribution is -2.49. The van der Waals surface area contributed by atoms with Crippen LogP contribution < -0.4 is 9.64 Å². The Kier molecular flexibility index (Phi) is 5.20. The van der Waals surface area contributed by atoms with Gasteiger partial charge in [0.2, 0.25) is 5.95 Å². The molecule has 1 fully saturated rings. The summed E-state index contributed by atoms with van der Waals surface area (Å²) >= 11 is 1.63. The summed E-state index contributed by atoms with van der Waals surface area (Å²) < 4.78 is 5.40. The van der Waals surface area contributed by atoms with Crippen molar-refractivity contribution in [3.05, 3.63) is 42.2 Å². The normalized spacial score (nSPS) is 14.6. The molecule has 0 bridgehead atoms. The Labute approximate surface area is 145 Å². The Morgan fingerprint density at radius 2 is 1.88 bits per heavy atom. The van der Waals surface area contributed by atoms with E-state index in [-0.39, 0.29) is 5.91 Å². The summed E-state index contributed by atoms with van der Waals surface area (Å²) in [6.07, 6.45) is 5.47. The zero-order chi connectivity index (χ0) is 16.9. The van der Waals surface area contributed by atoms with Gasteiger partial charge in [-0.2, -0.15) is 0 Å². The van der Waals surface area contributed by atoms with Crippen LogP contribution >= 0.6 is 11.8 Å². The number of anilines is 1. The summed E-state index contributed by atoms with van der Waals surface area (Å²) in [6.45, 7) is 2.73. The minimum Gasteiger partial charge on any atom is -0.496 e. The van der Waals surface area contributed by atoms with E-state index >= 15 is 0 Å². The average molecular weight is 344 g/mol. The summed E-state index contributed by atoms with van der Waals surface area (Å²) in [4.78, 5) is 26.4. The number of rotatable bonds is 4. The Balaban J connectivity index is 1.69.